The molecule has 0 spiro atoms. The van der Waals surface area contributed by atoms with Crippen molar-refractivity contribution in [2.75, 3.05) is 4.90 Å². The Balaban J connectivity index is 1.24. The molecule has 1 aromatic heterocycles. The molecule has 0 aliphatic heterocycles. The van der Waals surface area contributed by atoms with Gasteiger partial charge in [0.05, 0.1) is 11.1 Å². The van der Waals surface area contributed by atoms with Gasteiger partial charge in [-0.3, -0.25) is 0 Å². The van der Waals surface area contributed by atoms with Gasteiger partial charge >= 0.3 is 0 Å². The number of nitrogens with zero attached hydrogens (tertiary/aromatic N) is 1. The summed E-state index contributed by atoms with van der Waals surface area (Å²) >= 11 is 0. The van der Waals surface area contributed by atoms with E-state index in [1.807, 2.05) is 0 Å². The molecule has 0 aliphatic rings. The second-order valence-electron chi connectivity index (χ2n) is 13.7. The highest BCUT2D eigenvalue weighted by atomic mass is 16.3. The summed E-state index contributed by atoms with van der Waals surface area (Å²) in [5.41, 5.74) is 14.3. The highest BCUT2D eigenvalue weighted by Gasteiger charge is 2.24. The summed E-state index contributed by atoms with van der Waals surface area (Å²) in [5.74, 6) is 0. The third-order valence-electron chi connectivity index (χ3n) is 10.5. The molecule has 0 aliphatic carbocycles. The largest absolute Gasteiger partial charge is 0.456 e. The van der Waals surface area contributed by atoms with Gasteiger partial charge in [0.15, 0.2) is 0 Å². The number of hydrogen-bond acceptors (Lipinski definition) is 2. The summed E-state index contributed by atoms with van der Waals surface area (Å²) in [6.07, 6.45) is 0. The van der Waals surface area contributed by atoms with Crippen LogP contribution in [-0.4, -0.2) is 0 Å². The minimum Gasteiger partial charge on any atom is -0.456 e. The Hall–Kier alpha value is -7.16. The topological polar surface area (TPSA) is 16.4 Å². The minimum atomic E-state index is 0.853. The van der Waals surface area contributed by atoms with Crippen molar-refractivity contribution in [2.24, 2.45) is 0 Å². The van der Waals surface area contributed by atoms with Crippen molar-refractivity contribution in [1.29, 1.82) is 0 Å². The molecule has 0 unspecified atom stereocenters. The molecule has 0 atom stereocenters. The van der Waals surface area contributed by atoms with Gasteiger partial charge in [-0.2, -0.15) is 0 Å². The first-order chi connectivity index (χ1) is 26.8. The first-order valence-electron chi connectivity index (χ1n) is 18.4. The zero-order valence-electron chi connectivity index (χ0n) is 29.6. The fraction of sp³-hybridized carbons (Fsp3) is 0. The normalized spacial score (nSPS) is 11.3. The van der Waals surface area contributed by atoms with Gasteiger partial charge in [-0.05, 0) is 98.2 Å². The van der Waals surface area contributed by atoms with Crippen LogP contribution in [0.3, 0.4) is 0 Å². The molecule has 254 valence electrons. The van der Waals surface area contributed by atoms with Gasteiger partial charge in [-0.1, -0.05) is 164 Å². The van der Waals surface area contributed by atoms with Crippen molar-refractivity contribution in [3.63, 3.8) is 0 Å². The number of benzene rings is 9. The summed E-state index contributed by atoms with van der Waals surface area (Å²) in [7, 11) is 0. The van der Waals surface area contributed by atoms with Gasteiger partial charge in [0.25, 0.3) is 0 Å². The number of fused-ring (bicyclic) bond motifs is 4. The van der Waals surface area contributed by atoms with E-state index in [0.29, 0.717) is 0 Å². The van der Waals surface area contributed by atoms with Crippen molar-refractivity contribution >= 4 is 49.8 Å². The number of anilines is 3. The first kappa shape index (κ1) is 31.6. The Morgan fingerprint density at radius 2 is 0.722 bits per heavy atom. The Morgan fingerprint density at radius 1 is 0.315 bits per heavy atom. The van der Waals surface area contributed by atoms with Crippen molar-refractivity contribution in [3.05, 3.63) is 212 Å². The molecule has 2 nitrogen and oxygen atoms in total. The van der Waals surface area contributed by atoms with Crippen LogP contribution in [0.25, 0.3) is 77.2 Å². The molecule has 0 saturated heterocycles. The summed E-state index contributed by atoms with van der Waals surface area (Å²) < 4.78 is 6.72. The zero-order valence-corrected chi connectivity index (χ0v) is 29.6. The Labute approximate surface area is 314 Å². The summed E-state index contributed by atoms with van der Waals surface area (Å²) in [4.78, 5) is 2.41. The highest BCUT2D eigenvalue weighted by Crippen LogP contribution is 2.49. The fourth-order valence-corrected chi connectivity index (χ4v) is 7.75. The quantitative estimate of drug-likeness (QED) is 0.166. The van der Waals surface area contributed by atoms with Crippen molar-refractivity contribution in [2.45, 2.75) is 0 Å². The second-order valence-corrected chi connectivity index (χ2v) is 13.7. The maximum absolute atomic E-state index is 6.72. The molecule has 0 bridgehead atoms. The lowest BCUT2D eigenvalue weighted by molar-refractivity contribution is 0.669. The Kier molecular flexibility index (Phi) is 7.85. The maximum Gasteiger partial charge on any atom is 0.137 e. The average molecular weight is 690 g/mol. The Bertz CT molecular complexity index is 2790. The molecular formula is C52H35NO. The van der Waals surface area contributed by atoms with Crippen LogP contribution in [0.15, 0.2) is 217 Å². The van der Waals surface area contributed by atoms with E-state index in [4.69, 9.17) is 4.42 Å². The number of hydrogen-bond donors (Lipinski definition) is 0. The molecule has 54 heavy (non-hydrogen) atoms. The molecular weight excluding hydrogens is 655 g/mol. The van der Waals surface area contributed by atoms with E-state index < -0.39 is 0 Å². The smallest absolute Gasteiger partial charge is 0.137 e. The molecule has 1 heterocycles. The van der Waals surface area contributed by atoms with Gasteiger partial charge in [0.2, 0.25) is 0 Å². The lowest BCUT2D eigenvalue weighted by atomic mass is 9.95. The van der Waals surface area contributed by atoms with Crippen molar-refractivity contribution < 1.29 is 4.42 Å². The third kappa shape index (κ3) is 5.71. The van der Waals surface area contributed by atoms with Gasteiger partial charge in [0.1, 0.15) is 11.2 Å². The highest BCUT2D eigenvalue weighted by molar-refractivity contribution is 6.19. The average Bonchev–Trinajstić information content (AvgIpc) is 3.62. The van der Waals surface area contributed by atoms with Gasteiger partial charge in [0, 0.05) is 22.3 Å². The number of rotatable bonds is 7. The number of furan rings is 1. The fourth-order valence-electron chi connectivity index (χ4n) is 7.75. The van der Waals surface area contributed by atoms with Crippen molar-refractivity contribution in [3.8, 4) is 44.5 Å². The van der Waals surface area contributed by atoms with Crippen LogP contribution in [0.1, 0.15) is 0 Å². The van der Waals surface area contributed by atoms with E-state index in [1.54, 1.807) is 0 Å². The molecule has 2 heteroatoms. The first-order valence-corrected chi connectivity index (χ1v) is 18.4. The van der Waals surface area contributed by atoms with Gasteiger partial charge < -0.3 is 9.32 Å². The van der Waals surface area contributed by atoms with Crippen LogP contribution in [-0.2, 0) is 0 Å². The molecule has 0 fully saturated rings. The molecule has 0 saturated carbocycles. The van der Waals surface area contributed by atoms with Crippen LogP contribution >= 0.6 is 0 Å². The lowest BCUT2D eigenvalue weighted by Crippen LogP contribution is -2.12. The van der Waals surface area contributed by atoms with Crippen LogP contribution in [0, 0.1) is 0 Å². The van der Waals surface area contributed by atoms with Crippen LogP contribution < -0.4 is 4.90 Å². The van der Waals surface area contributed by atoms with E-state index in [9.17, 15) is 0 Å². The SMILES string of the molecule is c1ccc(-c2ccc(-c3ccc4oc5cc6ccccc6cc5c4c3N(c3ccc(-c4ccccc4)cc3)c3ccc(-c4ccccc4)cc3)cc2)cc1. The molecule has 0 amide bonds. The predicted octanol–water partition coefficient (Wildman–Crippen LogP) is 14.9. The van der Waals surface area contributed by atoms with E-state index in [-0.39, 0.29) is 0 Å². The minimum absolute atomic E-state index is 0.853. The van der Waals surface area contributed by atoms with Gasteiger partial charge in [-0.15, -0.1) is 0 Å². The van der Waals surface area contributed by atoms with Gasteiger partial charge in [-0.25, -0.2) is 0 Å². The summed E-state index contributed by atoms with van der Waals surface area (Å²) in [6, 6.07) is 75.9. The zero-order chi connectivity index (χ0) is 35.8. The monoisotopic (exact) mass is 689 g/mol. The van der Waals surface area contributed by atoms with E-state index in [0.717, 1.165) is 55.5 Å². The van der Waals surface area contributed by atoms with E-state index in [2.05, 4.69) is 217 Å². The van der Waals surface area contributed by atoms with E-state index in [1.165, 1.54) is 38.8 Å². The lowest BCUT2D eigenvalue weighted by Gasteiger charge is -2.29. The summed E-state index contributed by atoms with van der Waals surface area (Å²) in [6.45, 7) is 0. The predicted molar refractivity (Wildman–Crippen MR) is 228 cm³/mol. The molecule has 0 radical (unpaired) electrons. The molecule has 10 rings (SSSR count). The molecule has 0 N–H and O–H groups in total. The molecule has 9 aromatic carbocycles. The van der Waals surface area contributed by atoms with Crippen LogP contribution in [0.5, 0.6) is 0 Å². The second kappa shape index (κ2) is 13.4. The molecule has 10 aromatic rings. The van der Waals surface area contributed by atoms with E-state index >= 15 is 0 Å². The standard InChI is InChI=1S/C52H35NO/c1-4-12-36(13-5-1)39-20-22-42(23-21-39)47-32-33-49-51(48-34-43-18-10-11-19-44(43)35-50(48)54-49)52(47)53(45-28-24-40(25-29-45)37-14-6-2-7-15-37)46-30-26-41(27-31-46)38-16-8-3-9-17-38/h1-35H. The van der Waals surface area contributed by atoms with Crippen molar-refractivity contribution in [1.82, 2.24) is 0 Å². The van der Waals surface area contributed by atoms with Crippen LogP contribution in [0.2, 0.25) is 0 Å². The Morgan fingerprint density at radius 3 is 1.22 bits per heavy atom. The third-order valence-corrected chi connectivity index (χ3v) is 10.5. The maximum atomic E-state index is 6.72. The van der Waals surface area contributed by atoms with Crippen LogP contribution in [0.4, 0.5) is 17.1 Å². The summed E-state index contributed by atoms with van der Waals surface area (Å²) in [5, 5.41) is 4.52.